The fourth-order valence-corrected chi connectivity index (χ4v) is 4.24. The van der Waals surface area contributed by atoms with Crippen LogP contribution in [0.2, 0.25) is 0 Å². The van der Waals surface area contributed by atoms with Gasteiger partial charge in [0, 0.05) is 43.2 Å². The minimum absolute atomic E-state index is 0.256. The molecule has 1 aliphatic carbocycles. The van der Waals surface area contributed by atoms with Gasteiger partial charge < -0.3 is 5.11 Å². The van der Waals surface area contributed by atoms with Gasteiger partial charge >= 0.3 is 0 Å². The Hall–Kier alpha value is -0.420. The van der Waals surface area contributed by atoms with Crippen molar-refractivity contribution in [1.29, 1.82) is 0 Å². The Morgan fingerprint density at radius 2 is 1.95 bits per heavy atom. The maximum atomic E-state index is 9.06. The lowest BCUT2D eigenvalue weighted by molar-refractivity contribution is 0.0792. The third kappa shape index (κ3) is 3.04. The fraction of sp³-hybridized carbons (Fsp3) is 0.647. The number of benzene rings is 1. The lowest BCUT2D eigenvalue weighted by Crippen LogP contribution is -2.48. The number of aliphatic hydroxyl groups is 1. The van der Waals surface area contributed by atoms with Crippen LogP contribution < -0.4 is 0 Å². The van der Waals surface area contributed by atoms with Gasteiger partial charge in [-0.1, -0.05) is 35.8 Å². The van der Waals surface area contributed by atoms with E-state index in [9.17, 15) is 0 Å². The van der Waals surface area contributed by atoms with E-state index in [2.05, 4.69) is 57.8 Å². The van der Waals surface area contributed by atoms with Crippen molar-refractivity contribution in [3.05, 3.63) is 33.8 Å². The van der Waals surface area contributed by atoms with E-state index >= 15 is 0 Å². The summed E-state index contributed by atoms with van der Waals surface area (Å²) in [6.45, 7) is 10.2. The van der Waals surface area contributed by atoms with Gasteiger partial charge in [-0.25, -0.2) is 0 Å². The Morgan fingerprint density at radius 3 is 2.62 bits per heavy atom. The van der Waals surface area contributed by atoms with E-state index in [1.54, 1.807) is 0 Å². The van der Waals surface area contributed by atoms with Gasteiger partial charge in [0.15, 0.2) is 0 Å². The molecule has 1 aromatic rings. The van der Waals surface area contributed by atoms with Crippen LogP contribution in [0.1, 0.15) is 37.4 Å². The smallest absolute Gasteiger partial charge is 0.0558 e. The average Bonchev–Trinajstić information content (AvgIpc) is 2.72. The third-order valence-electron chi connectivity index (χ3n) is 5.07. The largest absolute Gasteiger partial charge is 0.395 e. The molecule has 3 rings (SSSR count). The molecule has 0 aromatic heterocycles. The first kappa shape index (κ1) is 15.5. The van der Waals surface area contributed by atoms with E-state index in [4.69, 9.17) is 5.11 Å². The van der Waals surface area contributed by atoms with E-state index in [-0.39, 0.29) is 12.0 Å². The summed E-state index contributed by atoms with van der Waals surface area (Å²) in [5.41, 5.74) is 3.27. The van der Waals surface area contributed by atoms with Crippen LogP contribution in [0.3, 0.4) is 0 Å². The Kier molecular flexibility index (Phi) is 4.42. The highest BCUT2D eigenvalue weighted by Crippen LogP contribution is 2.48. The first-order chi connectivity index (χ1) is 10.0. The average molecular weight is 353 g/mol. The first-order valence-corrected chi connectivity index (χ1v) is 8.68. The summed E-state index contributed by atoms with van der Waals surface area (Å²) >= 11 is 3.61. The van der Waals surface area contributed by atoms with Crippen LogP contribution in [0, 0.1) is 0 Å². The number of β-amino-alcohol motifs (C(OH)–C–C–N with tert-alkyl or cyclic N) is 1. The second-order valence-electron chi connectivity index (χ2n) is 6.94. The van der Waals surface area contributed by atoms with Crippen LogP contribution in [0.5, 0.6) is 0 Å². The van der Waals surface area contributed by atoms with E-state index in [0.29, 0.717) is 6.04 Å². The molecule has 1 aromatic carbocycles. The maximum absolute atomic E-state index is 9.06. The van der Waals surface area contributed by atoms with Crippen LogP contribution in [-0.4, -0.2) is 54.2 Å². The van der Waals surface area contributed by atoms with Gasteiger partial charge in [-0.15, -0.1) is 0 Å². The van der Waals surface area contributed by atoms with Gasteiger partial charge in [-0.3, -0.25) is 9.80 Å². The highest BCUT2D eigenvalue weighted by Gasteiger charge is 2.40. The number of hydrogen-bond donors (Lipinski definition) is 1. The van der Waals surface area contributed by atoms with Crippen molar-refractivity contribution >= 4 is 15.9 Å². The zero-order valence-electron chi connectivity index (χ0n) is 13.0. The molecule has 1 heterocycles. The SMILES string of the molecule is CC1(C)C[C@H](N2CCN(CCO)CC2)c2ccc(Br)cc21. The lowest BCUT2D eigenvalue weighted by Gasteiger charge is -2.38. The van der Waals surface area contributed by atoms with E-state index < -0.39 is 0 Å². The molecule has 1 aliphatic heterocycles. The van der Waals surface area contributed by atoms with E-state index in [1.165, 1.54) is 22.0 Å². The monoisotopic (exact) mass is 352 g/mol. The summed E-state index contributed by atoms with van der Waals surface area (Å²) in [7, 11) is 0. The number of rotatable bonds is 3. The molecule has 0 radical (unpaired) electrons. The molecule has 1 saturated heterocycles. The lowest BCUT2D eigenvalue weighted by atomic mass is 9.86. The van der Waals surface area contributed by atoms with Crippen molar-refractivity contribution in [2.75, 3.05) is 39.3 Å². The van der Waals surface area contributed by atoms with Gasteiger partial charge in [-0.2, -0.15) is 0 Å². The third-order valence-corrected chi connectivity index (χ3v) is 5.56. The molecular weight excluding hydrogens is 328 g/mol. The first-order valence-electron chi connectivity index (χ1n) is 7.88. The molecule has 0 amide bonds. The molecule has 0 unspecified atom stereocenters. The van der Waals surface area contributed by atoms with Crippen molar-refractivity contribution in [2.45, 2.75) is 31.7 Å². The van der Waals surface area contributed by atoms with Crippen molar-refractivity contribution in [3.8, 4) is 0 Å². The number of fused-ring (bicyclic) bond motifs is 1. The number of aliphatic hydroxyl groups excluding tert-OH is 1. The standard InChI is InChI=1S/C17H25BrN2O/c1-17(2)12-16(14-4-3-13(18)11-15(14)17)20-7-5-19(6-8-20)9-10-21/h3-4,11,16,21H,5-10,12H2,1-2H3/t16-/m0/s1. The minimum atomic E-state index is 0.256. The van der Waals surface area contributed by atoms with Crippen molar-refractivity contribution in [2.24, 2.45) is 0 Å². The van der Waals surface area contributed by atoms with Gasteiger partial charge in [0.1, 0.15) is 0 Å². The zero-order chi connectivity index (χ0) is 15.0. The second-order valence-corrected chi connectivity index (χ2v) is 7.85. The summed E-state index contributed by atoms with van der Waals surface area (Å²) in [6, 6.07) is 7.34. The van der Waals surface area contributed by atoms with Gasteiger partial charge in [0.2, 0.25) is 0 Å². The number of hydrogen-bond acceptors (Lipinski definition) is 3. The molecule has 116 valence electrons. The van der Waals surface area contributed by atoms with Crippen LogP contribution in [-0.2, 0) is 5.41 Å². The molecule has 0 saturated carbocycles. The van der Waals surface area contributed by atoms with E-state index in [0.717, 1.165) is 32.7 Å². The number of halogens is 1. The Bertz CT molecular complexity index is 510. The fourth-order valence-electron chi connectivity index (χ4n) is 3.87. The summed E-state index contributed by atoms with van der Waals surface area (Å²) in [5.74, 6) is 0. The van der Waals surface area contributed by atoms with Crippen LogP contribution in [0.15, 0.2) is 22.7 Å². The van der Waals surface area contributed by atoms with Gasteiger partial charge in [-0.05, 0) is 35.1 Å². The molecule has 4 heteroatoms. The predicted molar refractivity (Wildman–Crippen MR) is 89.6 cm³/mol. The topological polar surface area (TPSA) is 26.7 Å². The Balaban J connectivity index is 1.77. The maximum Gasteiger partial charge on any atom is 0.0558 e. The van der Waals surface area contributed by atoms with Crippen molar-refractivity contribution < 1.29 is 5.11 Å². The van der Waals surface area contributed by atoms with Gasteiger partial charge in [0.05, 0.1) is 6.61 Å². The zero-order valence-corrected chi connectivity index (χ0v) is 14.6. The minimum Gasteiger partial charge on any atom is -0.395 e. The summed E-state index contributed by atoms with van der Waals surface area (Å²) in [4.78, 5) is 4.99. The number of piperazine rings is 1. The van der Waals surface area contributed by atoms with E-state index in [1.807, 2.05) is 0 Å². The molecular formula is C17H25BrN2O. The quantitative estimate of drug-likeness (QED) is 0.905. The normalized spacial score (nSPS) is 26.0. The van der Waals surface area contributed by atoms with Crippen molar-refractivity contribution in [3.63, 3.8) is 0 Å². The summed E-state index contributed by atoms with van der Waals surface area (Å²) in [6.07, 6.45) is 1.21. The second kappa shape index (κ2) is 5.99. The number of nitrogens with zero attached hydrogens (tertiary/aromatic N) is 2. The van der Waals surface area contributed by atoms with Crippen LogP contribution >= 0.6 is 15.9 Å². The Labute approximate surface area is 136 Å². The summed E-state index contributed by atoms with van der Waals surface area (Å²) in [5, 5.41) is 9.06. The molecule has 1 atom stereocenters. The van der Waals surface area contributed by atoms with Crippen molar-refractivity contribution in [1.82, 2.24) is 9.80 Å². The van der Waals surface area contributed by atoms with Crippen LogP contribution in [0.25, 0.3) is 0 Å². The molecule has 1 fully saturated rings. The highest BCUT2D eigenvalue weighted by atomic mass is 79.9. The van der Waals surface area contributed by atoms with Crippen LogP contribution in [0.4, 0.5) is 0 Å². The molecule has 1 N–H and O–H groups in total. The summed E-state index contributed by atoms with van der Waals surface area (Å²) < 4.78 is 1.18. The Morgan fingerprint density at radius 1 is 1.24 bits per heavy atom. The highest BCUT2D eigenvalue weighted by molar-refractivity contribution is 9.10. The van der Waals surface area contributed by atoms with Gasteiger partial charge in [0.25, 0.3) is 0 Å². The predicted octanol–water partition coefficient (Wildman–Crippen LogP) is 2.78. The molecule has 2 aliphatic rings. The molecule has 0 bridgehead atoms. The molecule has 0 spiro atoms. The molecule has 3 nitrogen and oxygen atoms in total. The molecule has 21 heavy (non-hydrogen) atoms.